The number of hydrogen-bond acceptors (Lipinski definition) is 1. The average molecular weight is 268 g/mol. The highest BCUT2D eigenvalue weighted by Gasteiger charge is 2.36. The first-order chi connectivity index (χ1) is 6.92. The Hall–Kier alpha value is -0.500. The Bertz CT molecular complexity index is 384. The van der Waals surface area contributed by atoms with Crippen LogP contribution in [0.3, 0.4) is 0 Å². The molecular weight excluding hydrogens is 250 g/mol. The van der Waals surface area contributed by atoms with Crippen LogP contribution in [-0.4, -0.2) is 5.54 Å². The molecule has 1 N–H and O–H groups in total. The first-order valence-corrected chi connectivity index (χ1v) is 6.29. The van der Waals surface area contributed by atoms with E-state index in [0.29, 0.717) is 11.8 Å². The minimum atomic E-state index is 0.174. The summed E-state index contributed by atoms with van der Waals surface area (Å²) in [7, 11) is 0. The molecule has 0 spiro atoms. The summed E-state index contributed by atoms with van der Waals surface area (Å²) in [5, 5.41) is 3.63. The largest absolute Gasteiger partial charge is 0.380 e. The zero-order valence-corrected chi connectivity index (χ0v) is 11.4. The fourth-order valence-electron chi connectivity index (χ4n) is 2.39. The van der Waals surface area contributed by atoms with Crippen LogP contribution in [0.15, 0.2) is 22.7 Å². The predicted molar refractivity (Wildman–Crippen MR) is 69.4 cm³/mol. The van der Waals surface area contributed by atoms with Gasteiger partial charge in [-0.05, 0) is 43.4 Å². The minimum Gasteiger partial charge on any atom is -0.380 e. The number of hydrogen-bond donors (Lipinski definition) is 1. The van der Waals surface area contributed by atoms with Crippen LogP contribution in [0.5, 0.6) is 0 Å². The van der Waals surface area contributed by atoms with Crippen molar-refractivity contribution < 1.29 is 0 Å². The Morgan fingerprint density at radius 2 is 1.93 bits per heavy atom. The van der Waals surface area contributed by atoms with E-state index in [1.54, 1.807) is 0 Å². The fourth-order valence-corrected chi connectivity index (χ4v) is 2.75. The van der Waals surface area contributed by atoms with Crippen molar-refractivity contribution in [3.05, 3.63) is 28.2 Å². The van der Waals surface area contributed by atoms with Gasteiger partial charge in [0.25, 0.3) is 0 Å². The van der Waals surface area contributed by atoms with Crippen molar-refractivity contribution >= 4 is 21.6 Å². The molecule has 0 aromatic heterocycles. The third kappa shape index (κ3) is 1.80. The van der Waals surface area contributed by atoms with E-state index >= 15 is 0 Å². The molecular formula is C13H18BrN. The molecule has 1 aliphatic heterocycles. The maximum Gasteiger partial charge on any atom is 0.0391 e. The van der Waals surface area contributed by atoms with E-state index in [9.17, 15) is 0 Å². The maximum atomic E-state index is 3.63. The van der Waals surface area contributed by atoms with Gasteiger partial charge in [0.15, 0.2) is 0 Å². The quantitative estimate of drug-likeness (QED) is 0.735. The van der Waals surface area contributed by atoms with Gasteiger partial charge in [-0.3, -0.25) is 0 Å². The SMILES string of the molecule is CC1c2ccc(Br)cc2NC(C)(C)C1C. The molecule has 1 nitrogen and oxygen atoms in total. The van der Waals surface area contributed by atoms with Crippen LogP contribution in [-0.2, 0) is 0 Å². The number of benzene rings is 1. The van der Waals surface area contributed by atoms with Crippen LogP contribution in [0.1, 0.15) is 39.2 Å². The van der Waals surface area contributed by atoms with E-state index in [0.717, 1.165) is 4.47 Å². The monoisotopic (exact) mass is 267 g/mol. The summed E-state index contributed by atoms with van der Waals surface area (Å²) in [6.45, 7) is 9.19. The highest BCUT2D eigenvalue weighted by atomic mass is 79.9. The molecule has 1 aromatic carbocycles. The molecule has 2 rings (SSSR count). The van der Waals surface area contributed by atoms with Gasteiger partial charge in [-0.1, -0.05) is 35.8 Å². The van der Waals surface area contributed by atoms with E-state index < -0.39 is 0 Å². The lowest BCUT2D eigenvalue weighted by molar-refractivity contribution is 0.316. The van der Waals surface area contributed by atoms with Gasteiger partial charge in [-0.25, -0.2) is 0 Å². The molecule has 0 saturated heterocycles. The number of fused-ring (bicyclic) bond motifs is 1. The van der Waals surface area contributed by atoms with Crippen LogP contribution in [0.4, 0.5) is 5.69 Å². The molecule has 1 aliphatic rings. The Labute approximate surface area is 100 Å². The summed E-state index contributed by atoms with van der Waals surface area (Å²) < 4.78 is 1.14. The Morgan fingerprint density at radius 3 is 2.60 bits per heavy atom. The van der Waals surface area contributed by atoms with E-state index in [1.165, 1.54) is 11.3 Å². The molecule has 1 aromatic rings. The molecule has 15 heavy (non-hydrogen) atoms. The molecule has 0 bridgehead atoms. The second kappa shape index (κ2) is 3.51. The number of rotatable bonds is 0. The van der Waals surface area contributed by atoms with Crippen molar-refractivity contribution in [1.29, 1.82) is 0 Å². The van der Waals surface area contributed by atoms with E-state index in [-0.39, 0.29) is 5.54 Å². The molecule has 0 radical (unpaired) electrons. The van der Waals surface area contributed by atoms with Crippen LogP contribution in [0, 0.1) is 5.92 Å². The van der Waals surface area contributed by atoms with Crippen LogP contribution in [0.2, 0.25) is 0 Å². The summed E-state index contributed by atoms with van der Waals surface area (Å²) >= 11 is 3.52. The Balaban J connectivity index is 2.50. The summed E-state index contributed by atoms with van der Waals surface area (Å²) in [5.41, 5.74) is 2.89. The van der Waals surface area contributed by atoms with Crippen LogP contribution < -0.4 is 5.32 Å². The van der Waals surface area contributed by atoms with E-state index in [4.69, 9.17) is 0 Å². The molecule has 2 atom stereocenters. The van der Waals surface area contributed by atoms with Crippen molar-refractivity contribution in [1.82, 2.24) is 0 Å². The summed E-state index contributed by atoms with van der Waals surface area (Å²) in [6.07, 6.45) is 0. The van der Waals surface area contributed by atoms with Gasteiger partial charge >= 0.3 is 0 Å². The highest BCUT2D eigenvalue weighted by molar-refractivity contribution is 9.10. The Morgan fingerprint density at radius 1 is 1.27 bits per heavy atom. The van der Waals surface area contributed by atoms with E-state index in [2.05, 4.69) is 67.1 Å². The lowest BCUT2D eigenvalue weighted by Gasteiger charge is -2.43. The molecule has 2 heteroatoms. The summed E-state index contributed by atoms with van der Waals surface area (Å²) in [5.74, 6) is 1.26. The molecule has 82 valence electrons. The summed E-state index contributed by atoms with van der Waals surface area (Å²) in [6, 6.07) is 6.53. The molecule has 1 heterocycles. The van der Waals surface area contributed by atoms with Gasteiger partial charge in [0.1, 0.15) is 0 Å². The third-order valence-corrected chi connectivity index (χ3v) is 4.34. The molecule has 0 saturated carbocycles. The van der Waals surface area contributed by atoms with Crippen molar-refractivity contribution in [2.45, 2.75) is 39.2 Å². The minimum absolute atomic E-state index is 0.174. The molecule has 0 amide bonds. The topological polar surface area (TPSA) is 12.0 Å². The third-order valence-electron chi connectivity index (χ3n) is 3.85. The summed E-state index contributed by atoms with van der Waals surface area (Å²) in [4.78, 5) is 0. The smallest absolute Gasteiger partial charge is 0.0391 e. The fraction of sp³-hybridized carbons (Fsp3) is 0.538. The first-order valence-electron chi connectivity index (χ1n) is 5.49. The lowest BCUT2D eigenvalue weighted by atomic mass is 9.73. The first kappa shape index (κ1) is 11.0. The maximum absolute atomic E-state index is 3.63. The van der Waals surface area contributed by atoms with Gasteiger partial charge < -0.3 is 5.32 Å². The molecule has 0 fully saturated rings. The number of nitrogens with one attached hydrogen (secondary N) is 1. The lowest BCUT2D eigenvalue weighted by Crippen LogP contribution is -2.44. The zero-order chi connectivity index (χ0) is 11.2. The van der Waals surface area contributed by atoms with Crippen LogP contribution in [0.25, 0.3) is 0 Å². The predicted octanol–water partition coefficient (Wildman–Crippen LogP) is 4.39. The molecule has 0 aliphatic carbocycles. The Kier molecular flexibility index (Phi) is 2.58. The normalized spacial score (nSPS) is 28.1. The molecule has 2 unspecified atom stereocenters. The van der Waals surface area contributed by atoms with Crippen molar-refractivity contribution in [2.24, 2.45) is 5.92 Å². The number of halogens is 1. The van der Waals surface area contributed by atoms with Crippen LogP contribution >= 0.6 is 15.9 Å². The number of anilines is 1. The second-order valence-electron chi connectivity index (χ2n) is 5.16. The van der Waals surface area contributed by atoms with Gasteiger partial charge in [0.2, 0.25) is 0 Å². The van der Waals surface area contributed by atoms with E-state index in [1.807, 2.05) is 0 Å². The average Bonchev–Trinajstić information content (AvgIpc) is 2.13. The standard InChI is InChI=1S/C13H18BrN/c1-8-9(2)13(3,4)15-12-7-10(14)5-6-11(8)12/h5-9,15H,1-4H3. The van der Waals surface area contributed by atoms with Gasteiger partial charge in [-0.15, -0.1) is 0 Å². The van der Waals surface area contributed by atoms with Crippen molar-refractivity contribution in [2.75, 3.05) is 5.32 Å². The zero-order valence-electron chi connectivity index (χ0n) is 9.76. The van der Waals surface area contributed by atoms with Gasteiger partial charge in [-0.2, -0.15) is 0 Å². The highest BCUT2D eigenvalue weighted by Crippen LogP contribution is 2.43. The van der Waals surface area contributed by atoms with Crippen molar-refractivity contribution in [3.63, 3.8) is 0 Å². The van der Waals surface area contributed by atoms with Crippen molar-refractivity contribution in [3.8, 4) is 0 Å². The van der Waals surface area contributed by atoms with Gasteiger partial charge in [0, 0.05) is 15.7 Å². The second-order valence-corrected chi connectivity index (χ2v) is 6.07. The van der Waals surface area contributed by atoms with Gasteiger partial charge in [0.05, 0.1) is 0 Å².